The zero-order chi connectivity index (χ0) is 16.1. The highest BCUT2D eigenvalue weighted by molar-refractivity contribution is 7.89. The Morgan fingerprint density at radius 2 is 2.00 bits per heavy atom. The number of hydrogen-bond donors (Lipinski definition) is 2. The lowest BCUT2D eigenvalue weighted by Crippen LogP contribution is -2.29. The summed E-state index contributed by atoms with van der Waals surface area (Å²) in [5, 5.41) is 0. The molecule has 3 N–H and O–H groups in total. The number of sulfonamides is 1. The number of nitrogens with two attached hydrogens (primary N) is 1. The molecule has 0 atom stereocenters. The second-order valence-electron chi connectivity index (χ2n) is 4.31. The molecule has 0 fully saturated rings. The molecular formula is C12H17F3N2O3S. The van der Waals surface area contributed by atoms with Crippen LogP contribution in [-0.2, 0) is 21.3 Å². The van der Waals surface area contributed by atoms with Gasteiger partial charge in [0.2, 0.25) is 10.0 Å². The Morgan fingerprint density at radius 1 is 1.33 bits per heavy atom. The molecule has 0 unspecified atom stereocenters. The van der Waals surface area contributed by atoms with Crippen molar-refractivity contribution >= 4 is 10.0 Å². The number of ether oxygens (including phenoxy) is 1. The summed E-state index contributed by atoms with van der Waals surface area (Å²) in [5.74, 6) is 0. The molecule has 0 saturated carbocycles. The van der Waals surface area contributed by atoms with E-state index in [4.69, 9.17) is 5.73 Å². The zero-order valence-corrected chi connectivity index (χ0v) is 12.2. The van der Waals surface area contributed by atoms with Crippen LogP contribution in [0.3, 0.4) is 0 Å². The minimum Gasteiger partial charge on any atom is -0.371 e. The van der Waals surface area contributed by atoms with Crippen LogP contribution in [0, 0.1) is 6.92 Å². The number of benzene rings is 1. The summed E-state index contributed by atoms with van der Waals surface area (Å²) in [5.41, 5.74) is 6.71. The van der Waals surface area contributed by atoms with Gasteiger partial charge >= 0.3 is 6.18 Å². The van der Waals surface area contributed by atoms with E-state index in [1.165, 1.54) is 6.07 Å². The first kappa shape index (κ1) is 17.9. The Labute approximate surface area is 121 Å². The Hall–Kier alpha value is -1.16. The van der Waals surface area contributed by atoms with E-state index in [1.54, 1.807) is 19.1 Å². The van der Waals surface area contributed by atoms with Crippen LogP contribution < -0.4 is 10.5 Å². The van der Waals surface area contributed by atoms with Crippen LogP contribution in [0.15, 0.2) is 23.1 Å². The maximum absolute atomic E-state index is 12.1. The van der Waals surface area contributed by atoms with Crippen LogP contribution in [0.5, 0.6) is 0 Å². The van der Waals surface area contributed by atoms with E-state index in [0.29, 0.717) is 11.1 Å². The molecule has 0 saturated heterocycles. The van der Waals surface area contributed by atoms with Crippen LogP contribution in [0.25, 0.3) is 0 Å². The van der Waals surface area contributed by atoms with Crippen molar-refractivity contribution in [2.45, 2.75) is 24.5 Å². The number of nitrogens with one attached hydrogen (secondary N) is 1. The fourth-order valence-corrected chi connectivity index (χ4v) is 2.99. The highest BCUT2D eigenvalue weighted by atomic mass is 32.2. The summed E-state index contributed by atoms with van der Waals surface area (Å²) in [6.45, 7) is -0.198. The van der Waals surface area contributed by atoms with Crippen molar-refractivity contribution in [3.05, 3.63) is 29.3 Å². The van der Waals surface area contributed by atoms with Crippen molar-refractivity contribution < 1.29 is 26.3 Å². The van der Waals surface area contributed by atoms with E-state index >= 15 is 0 Å². The van der Waals surface area contributed by atoms with Gasteiger partial charge in [-0.05, 0) is 24.1 Å². The topological polar surface area (TPSA) is 81.4 Å². The molecule has 9 heteroatoms. The maximum atomic E-state index is 12.1. The molecule has 1 rings (SSSR count). The first-order chi connectivity index (χ1) is 9.67. The molecule has 0 radical (unpaired) electrons. The molecule has 0 aliphatic rings. The van der Waals surface area contributed by atoms with Crippen LogP contribution in [0.2, 0.25) is 0 Å². The van der Waals surface area contributed by atoms with Crippen molar-refractivity contribution in [3.8, 4) is 0 Å². The van der Waals surface area contributed by atoms with Crippen molar-refractivity contribution in [1.29, 1.82) is 0 Å². The van der Waals surface area contributed by atoms with Crippen molar-refractivity contribution in [3.63, 3.8) is 0 Å². The molecule has 5 nitrogen and oxygen atoms in total. The van der Waals surface area contributed by atoms with Crippen molar-refractivity contribution in [2.24, 2.45) is 5.73 Å². The summed E-state index contributed by atoms with van der Waals surface area (Å²) >= 11 is 0. The third-order valence-electron chi connectivity index (χ3n) is 2.71. The van der Waals surface area contributed by atoms with Crippen LogP contribution >= 0.6 is 0 Å². The van der Waals surface area contributed by atoms with E-state index in [1.807, 2.05) is 0 Å². The summed E-state index contributed by atoms with van der Waals surface area (Å²) in [6, 6.07) is 4.68. The van der Waals surface area contributed by atoms with E-state index in [9.17, 15) is 21.6 Å². The number of alkyl halides is 3. The monoisotopic (exact) mass is 326 g/mol. The van der Waals surface area contributed by atoms with Gasteiger partial charge < -0.3 is 10.5 Å². The third-order valence-corrected chi connectivity index (χ3v) is 4.32. The predicted octanol–water partition coefficient (Wildman–Crippen LogP) is 1.31. The van der Waals surface area contributed by atoms with Gasteiger partial charge in [-0.25, -0.2) is 13.1 Å². The van der Waals surface area contributed by atoms with Crippen molar-refractivity contribution in [2.75, 3.05) is 19.8 Å². The van der Waals surface area contributed by atoms with Gasteiger partial charge in [-0.2, -0.15) is 13.2 Å². The average Bonchev–Trinajstić information content (AvgIpc) is 2.37. The Kier molecular flexibility index (Phi) is 6.14. The summed E-state index contributed by atoms with van der Waals surface area (Å²) in [4.78, 5) is 0.0567. The SMILES string of the molecule is Cc1c(CN)cccc1S(=O)(=O)NCCOCC(F)(F)F. The molecule has 0 spiro atoms. The Bertz CT molecular complexity index is 574. The highest BCUT2D eigenvalue weighted by Crippen LogP contribution is 2.18. The first-order valence-electron chi connectivity index (χ1n) is 6.10. The van der Waals surface area contributed by atoms with Crippen molar-refractivity contribution in [1.82, 2.24) is 4.72 Å². The smallest absolute Gasteiger partial charge is 0.371 e. The molecule has 0 bridgehead atoms. The summed E-state index contributed by atoms with van der Waals surface area (Å²) in [6.07, 6.45) is -4.43. The number of halogens is 3. The summed E-state index contributed by atoms with van der Waals surface area (Å²) in [7, 11) is -3.81. The fourth-order valence-electron chi connectivity index (χ4n) is 1.69. The lowest BCUT2D eigenvalue weighted by atomic mass is 10.1. The molecule has 0 amide bonds. The first-order valence-corrected chi connectivity index (χ1v) is 7.58. The van der Waals surface area contributed by atoms with Gasteiger partial charge in [0.05, 0.1) is 11.5 Å². The van der Waals surface area contributed by atoms with E-state index in [0.717, 1.165) is 0 Å². The summed E-state index contributed by atoms with van der Waals surface area (Å²) < 4.78 is 66.2. The molecule has 0 aromatic heterocycles. The third kappa shape index (κ3) is 5.62. The zero-order valence-electron chi connectivity index (χ0n) is 11.4. The quantitative estimate of drug-likeness (QED) is 0.740. The number of hydrogen-bond acceptors (Lipinski definition) is 4. The largest absolute Gasteiger partial charge is 0.411 e. The Morgan fingerprint density at radius 3 is 2.57 bits per heavy atom. The lowest BCUT2D eigenvalue weighted by molar-refractivity contribution is -0.173. The van der Waals surface area contributed by atoms with Gasteiger partial charge in [-0.15, -0.1) is 0 Å². The average molecular weight is 326 g/mol. The molecular weight excluding hydrogens is 309 g/mol. The molecule has 21 heavy (non-hydrogen) atoms. The lowest BCUT2D eigenvalue weighted by Gasteiger charge is -2.12. The van der Waals surface area contributed by atoms with Gasteiger partial charge in [-0.3, -0.25) is 0 Å². The minimum absolute atomic E-state index is 0.0567. The predicted molar refractivity (Wildman–Crippen MR) is 71.1 cm³/mol. The van der Waals surface area contributed by atoms with Gasteiger partial charge in [0.15, 0.2) is 0 Å². The van der Waals surface area contributed by atoms with Gasteiger partial charge in [0.1, 0.15) is 6.61 Å². The highest BCUT2D eigenvalue weighted by Gasteiger charge is 2.27. The maximum Gasteiger partial charge on any atom is 0.411 e. The van der Waals surface area contributed by atoms with Gasteiger partial charge in [0.25, 0.3) is 0 Å². The van der Waals surface area contributed by atoms with Crippen LogP contribution in [0.1, 0.15) is 11.1 Å². The van der Waals surface area contributed by atoms with E-state index < -0.39 is 22.8 Å². The molecule has 1 aromatic rings. The fraction of sp³-hybridized carbons (Fsp3) is 0.500. The second-order valence-corrected chi connectivity index (χ2v) is 6.05. The van der Waals surface area contributed by atoms with Crippen LogP contribution in [-0.4, -0.2) is 34.4 Å². The molecule has 0 aliphatic carbocycles. The normalized spacial score (nSPS) is 12.6. The molecule has 0 aliphatic heterocycles. The standard InChI is InChI=1S/C12H17F3N2O3S/c1-9-10(7-16)3-2-4-11(9)21(18,19)17-5-6-20-8-12(13,14)15/h2-4,17H,5-8,16H2,1H3. The van der Waals surface area contributed by atoms with Crippen LogP contribution in [0.4, 0.5) is 13.2 Å². The van der Waals surface area contributed by atoms with E-state index in [-0.39, 0.29) is 24.6 Å². The van der Waals surface area contributed by atoms with Gasteiger partial charge in [0, 0.05) is 13.1 Å². The molecule has 1 aromatic carbocycles. The van der Waals surface area contributed by atoms with Gasteiger partial charge in [-0.1, -0.05) is 12.1 Å². The number of rotatable bonds is 7. The Balaban J connectivity index is 2.62. The van der Waals surface area contributed by atoms with E-state index in [2.05, 4.69) is 9.46 Å². The molecule has 120 valence electrons. The molecule has 0 heterocycles. The second kappa shape index (κ2) is 7.21. The minimum atomic E-state index is -4.43.